The number of aromatic nitrogens is 3. The molecule has 0 fully saturated rings. The Morgan fingerprint density at radius 1 is 1.14 bits per heavy atom. The summed E-state index contributed by atoms with van der Waals surface area (Å²) in [5, 5.41) is 12.1. The maximum absolute atomic E-state index is 13.0. The number of carbonyl (C=O) groups is 1. The van der Waals surface area contributed by atoms with Crippen molar-refractivity contribution in [3.63, 3.8) is 0 Å². The Balaban J connectivity index is 1.47. The Morgan fingerprint density at radius 2 is 2.00 bits per heavy atom. The summed E-state index contributed by atoms with van der Waals surface area (Å²) in [5.74, 6) is 3.62. The second-order valence-corrected chi connectivity index (χ2v) is 9.36. The highest BCUT2D eigenvalue weighted by molar-refractivity contribution is 5.91. The van der Waals surface area contributed by atoms with Gasteiger partial charge < -0.3 is 23.8 Å². The first-order chi connectivity index (χ1) is 17.0. The van der Waals surface area contributed by atoms with Crippen LogP contribution in [-0.4, -0.2) is 52.9 Å². The van der Waals surface area contributed by atoms with E-state index in [1.807, 2.05) is 12.1 Å². The van der Waals surface area contributed by atoms with Crippen LogP contribution in [0.25, 0.3) is 0 Å². The van der Waals surface area contributed by atoms with E-state index in [9.17, 15) is 4.79 Å². The maximum atomic E-state index is 13.0. The SMILES string of the molecule is COCc1ccc(C(=O)N[C@@H](CC(C)C)c2nnc3n2CCN(Cc2cccc(OC)c2)CC3)o1. The molecule has 9 nitrogen and oxygen atoms in total. The minimum absolute atomic E-state index is 0.260. The zero-order chi connectivity index (χ0) is 24.8. The van der Waals surface area contributed by atoms with Crippen LogP contribution >= 0.6 is 0 Å². The molecule has 0 saturated heterocycles. The van der Waals surface area contributed by atoms with Gasteiger partial charge in [-0.3, -0.25) is 9.69 Å². The Labute approximate surface area is 206 Å². The first kappa shape index (κ1) is 24.9. The summed E-state index contributed by atoms with van der Waals surface area (Å²) < 4.78 is 18.3. The predicted octanol–water partition coefficient (Wildman–Crippen LogP) is 3.60. The van der Waals surface area contributed by atoms with Crippen molar-refractivity contribution in [2.24, 2.45) is 5.92 Å². The summed E-state index contributed by atoms with van der Waals surface area (Å²) in [6.07, 6.45) is 1.56. The molecule has 35 heavy (non-hydrogen) atoms. The zero-order valence-corrected chi connectivity index (χ0v) is 21.0. The largest absolute Gasteiger partial charge is 0.497 e. The molecule has 188 valence electrons. The van der Waals surface area contributed by atoms with E-state index in [1.165, 1.54) is 5.56 Å². The molecule has 1 aliphatic heterocycles. The zero-order valence-electron chi connectivity index (χ0n) is 21.0. The highest BCUT2D eigenvalue weighted by Crippen LogP contribution is 2.24. The van der Waals surface area contributed by atoms with E-state index in [1.54, 1.807) is 26.4 Å². The molecule has 1 N–H and O–H groups in total. The number of nitrogens with zero attached hydrogens (tertiary/aromatic N) is 4. The van der Waals surface area contributed by atoms with Gasteiger partial charge in [0, 0.05) is 39.7 Å². The van der Waals surface area contributed by atoms with E-state index in [0.717, 1.165) is 56.4 Å². The molecule has 0 unspecified atom stereocenters. The van der Waals surface area contributed by atoms with Crippen LogP contribution in [0.3, 0.4) is 0 Å². The monoisotopic (exact) mass is 481 g/mol. The van der Waals surface area contributed by atoms with Gasteiger partial charge in [0.15, 0.2) is 11.6 Å². The van der Waals surface area contributed by atoms with E-state index in [2.05, 4.69) is 51.0 Å². The van der Waals surface area contributed by atoms with E-state index in [0.29, 0.717) is 18.3 Å². The molecule has 0 aliphatic carbocycles. The van der Waals surface area contributed by atoms with Crippen LogP contribution in [0.1, 0.15) is 59.8 Å². The lowest BCUT2D eigenvalue weighted by Gasteiger charge is -2.22. The van der Waals surface area contributed by atoms with Gasteiger partial charge in [-0.05, 0) is 42.2 Å². The number of furan rings is 1. The summed E-state index contributed by atoms with van der Waals surface area (Å²) in [5.41, 5.74) is 1.22. The fraction of sp³-hybridized carbons (Fsp3) is 0.500. The number of methoxy groups -OCH3 is 2. The van der Waals surface area contributed by atoms with Gasteiger partial charge >= 0.3 is 0 Å². The second-order valence-electron chi connectivity index (χ2n) is 9.36. The fourth-order valence-corrected chi connectivity index (χ4v) is 4.48. The Morgan fingerprint density at radius 3 is 2.77 bits per heavy atom. The van der Waals surface area contributed by atoms with Crippen LogP contribution in [0.5, 0.6) is 5.75 Å². The molecular weight excluding hydrogens is 446 g/mol. The maximum Gasteiger partial charge on any atom is 0.287 e. The van der Waals surface area contributed by atoms with Crippen LogP contribution in [0.15, 0.2) is 40.8 Å². The molecule has 1 aliphatic rings. The van der Waals surface area contributed by atoms with Gasteiger partial charge in [-0.15, -0.1) is 10.2 Å². The number of amides is 1. The van der Waals surface area contributed by atoms with Gasteiger partial charge in [-0.1, -0.05) is 26.0 Å². The van der Waals surface area contributed by atoms with Gasteiger partial charge in [0.1, 0.15) is 23.9 Å². The second kappa shape index (κ2) is 11.5. The Kier molecular flexibility index (Phi) is 8.20. The van der Waals surface area contributed by atoms with Crippen LogP contribution in [0.4, 0.5) is 0 Å². The molecule has 1 amide bonds. The van der Waals surface area contributed by atoms with Gasteiger partial charge in [0.25, 0.3) is 5.91 Å². The van der Waals surface area contributed by atoms with Crippen molar-refractivity contribution in [2.45, 2.75) is 52.4 Å². The molecule has 9 heteroatoms. The molecule has 1 atom stereocenters. The van der Waals surface area contributed by atoms with Crippen molar-refractivity contribution in [3.05, 3.63) is 65.1 Å². The van der Waals surface area contributed by atoms with Gasteiger partial charge in [0.05, 0.1) is 13.2 Å². The van der Waals surface area contributed by atoms with Gasteiger partial charge in [-0.25, -0.2) is 0 Å². The highest BCUT2D eigenvalue weighted by Gasteiger charge is 2.27. The third kappa shape index (κ3) is 6.29. The summed E-state index contributed by atoms with van der Waals surface area (Å²) >= 11 is 0. The molecule has 1 aromatic carbocycles. The molecule has 2 aromatic heterocycles. The molecular formula is C26H35N5O4. The number of carbonyl (C=O) groups excluding carboxylic acids is 1. The number of ether oxygens (including phenoxy) is 2. The van der Waals surface area contributed by atoms with Crippen LogP contribution < -0.4 is 10.1 Å². The van der Waals surface area contributed by atoms with Crippen molar-refractivity contribution >= 4 is 5.91 Å². The third-order valence-corrected chi connectivity index (χ3v) is 6.18. The lowest BCUT2D eigenvalue weighted by molar-refractivity contribution is 0.0892. The van der Waals surface area contributed by atoms with Crippen molar-refractivity contribution in [1.82, 2.24) is 25.0 Å². The molecule has 0 bridgehead atoms. The number of fused-ring (bicyclic) bond motifs is 1. The molecule has 0 saturated carbocycles. The van der Waals surface area contributed by atoms with Gasteiger partial charge in [0.2, 0.25) is 0 Å². The summed E-state index contributed by atoms with van der Waals surface area (Å²) in [6.45, 7) is 7.98. The normalized spacial score (nSPS) is 15.0. The summed E-state index contributed by atoms with van der Waals surface area (Å²) in [6, 6.07) is 11.4. The van der Waals surface area contributed by atoms with E-state index < -0.39 is 0 Å². The number of benzene rings is 1. The van der Waals surface area contributed by atoms with Gasteiger partial charge in [-0.2, -0.15) is 0 Å². The number of hydrogen-bond donors (Lipinski definition) is 1. The van der Waals surface area contributed by atoms with Crippen LogP contribution in [-0.2, 0) is 30.9 Å². The summed E-state index contributed by atoms with van der Waals surface area (Å²) in [4.78, 5) is 15.4. The van der Waals surface area contributed by atoms with Crippen LogP contribution in [0, 0.1) is 5.92 Å². The molecule has 3 heterocycles. The first-order valence-corrected chi connectivity index (χ1v) is 12.1. The standard InChI is InChI=1S/C26H35N5O4/c1-18(2)14-22(27-26(32)23-9-8-21(35-23)17-33-3)25-29-28-24-10-11-30(12-13-31(24)25)16-19-6-5-7-20(15-19)34-4/h5-9,15,18,22H,10-14,16-17H2,1-4H3,(H,27,32)/t22-/m0/s1. The van der Waals surface area contributed by atoms with Crippen molar-refractivity contribution in [3.8, 4) is 5.75 Å². The van der Waals surface area contributed by atoms with E-state index >= 15 is 0 Å². The average molecular weight is 482 g/mol. The lowest BCUT2D eigenvalue weighted by Crippen LogP contribution is -2.32. The number of nitrogens with one attached hydrogen (secondary N) is 1. The van der Waals surface area contributed by atoms with Crippen molar-refractivity contribution in [2.75, 3.05) is 27.3 Å². The van der Waals surface area contributed by atoms with Crippen LogP contribution in [0.2, 0.25) is 0 Å². The molecule has 0 spiro atoms. The van der Waals surface area contributed by atoms with E-state index in [-0.39, 0.29) is 17.7 Å². The molecule has 3 aromatic rings. The number of hydrogen-bond acceptors (Lipinski definition) is 7. The molecule has 0 radical (unpaired) electrons. The smallest absolute Gasteiger partial charge is 0.287 e. The fourth-order valence-electron chi connectivity index (χ4n) is 4.48. The molecule has 4 rings (SSSR count). The predicted molar refractivity (Wildman–Crippen MR) is 131 cm³/mol. The topological polar surface area (TPSA) is 94.6 Å². The Bertz CT molecular complexity index is 1120. The van der Waals surface area contributed by atoms with Crippen molar-refractivity contribution < 1.29 is 18.7 Å². The quantitative estimate of drug-likeness (QED) is 0.473. The number of rotatable bonds is 10. The third-order valence-electron chi connectivity index (χ3n) is 6.18. The average Bonchev–Trinajstić information content (AvgIpc) is 3.43. The first-order valence-electron chi connectivity index (χ1n) is 12.1. The minimum atomic E-state index is -0.261. The van der Waals surface area contributed by atoms with E-state index in [4.69, 9.17) is 13.9 Å². The van der Waals surface area contributed by atoms with Crippen molar-refractivity contribution in [1.29, 1.82) is 0 Å². The lowest BCUT2D eigenvalue weighted by atomic mass is 10.0. The Hall–Kier alpha value is -3.17. The summed E-state index contributed by atoms with van der Waals surface area (Å²) in [7, 11) is 3.28. The highest BCUT2D eigenvalue weighted by atomic mass is 16.5. The minimum Gasteiger partial charge on any atom is -0.497 e.